The molecule has 0 fully saturated rings. The predicted octanol–water partition coefficient (Wildman–Crippen LogP) is 0.929. The second-order valence-corrected chi connectivity index (χ2v) is 3.15. The Balaban J connectivity index is 3.07. The average molecular weight is 185 g/mol. The standard InChI is InChI=1S/C7H7NO3S/c1-11-7(10)5-2-4(3-9)12-6(5)8/h2-3H,8H2,1H3. The Morgan fingerprint density at radius 3 is 2.83 bits per heavy atom. The summed E-state index contributed by atoms with van der Waals surface area (Å²) >= 11 is 1.07. The largest absolute Gasteiger partial charge is 0.465 e. The van der Waals surface area contributed by atoms with Crippen molar-refractivity contribution in [2.75, 3.05) is 12.8 Å². The van der Waals surface area contributed by atoms with Crippen molar-refractivity contribution in [2.24, 2.45) is 0 Å². The summed E-state index contributed by atoms with van der Waals surface area (Å²) in [6, 6.07) is 1.42. The van der Waals surface area contributed by atoms with Gasteiger partial charge in [0.25, 0.3) is 0 Å². The second-order valence-electron chi connectivity index (χ2n) is 2.04. The summed E-state index contributed by atoms with van der Waals surface area (Å²) in [6.45, 7) is 0. The van der Waals surface area contributed by atoms with E-state index < -0.39 is 5.97 Å². The highest BCUT2D eigenvalue weighted by molar-refractivity contribution is 7.17. The molecule has 5 heteroatoms. The number of hydrogen-bond acceptors (Lipinski definition) is 5. The van der Waals surface area contributed by atoms with E-state index in [1.54, 1.807) is 0 Å². The first-order valence-corrected chi connectivity index (χ1v) is 3.93. The number of rotatable bonds is 2. The molecule has 2 N–H and O–H groups in total. The summed E-state index contributed by atoms with van der Waals surface area (Å²) in [5.74, 6) is -0.517. The number of aldehydes is 1. The summed E-state index contributed by atoms with van der Waals surface area (Å²) < 4.78 is 4.45. The highest BCUT2D eigenvalue weighted by atomic mass is 32.1. The molecule has 0 spiro atoms. The van der Waals surface area contributed by atoms with Crippen molar-refractivity contribution in [3.05, 3.63) is 16.5 Å². The maximum Gasteiger partial charge on any atom is 0.340 e. The van der Waals surface area contributed by atoms with Gasteiger partial charge in [-0.25, -0.2) is 4.79 Å². The van der Waals surface area contributed by atoms with E-state index >= 15 is 0 Å². The first-order valence-electron chi connectivity index (χ1n) is 3.12. The number of thiophene rings is 1. The quantitative estimate of drug-likeness (QED) is 0.549. The van der Waals surface area contributed by atoms with Gasteiger partial charge in [-0.05, 0) is 6.07 Å². The van der Waals surface area contributed by atoms with Crippen molar-refractivity contribution in [3.63, 3.8) is 0 Å². The molecule has 0 saturated carbocycles. The van der Waals surface area contributed by atoms with Crippen molar-refractivity contribution in [1.29, 1.82) is 0 Å². The van der Waals surface area contributed by atoms with Gasteiger partial charge in [0.2, 0.25) is 0 Å². The van der Waals surface area contributed by atoms with Crippen LogP contribution in [0.1, 0.15) is 20.0 Å². The highest BCUT2D eigenvalue weighted by Gasteiger charge is 2.13. The smallest absolute Gasteiger partial charge is 0.340 e. The van der Waals surface area contributed by atoms with Crippen molar-refractivity contribution >= 4 is 28.6 Å². The van der Waals surface area contributed by atoms with E-state index in [1.807, 2.05) is 0 Å². The van der Waals surface area contributed by atoms with E-state index in [9.17, 15) is 9.59 Å². The lowest BCUT2D eigenvalue weighted by molar-refractivity contribution is 0.0602. The van der Waals surface area contributed by atoms with Crippen LogP contribution in [-0.4, -0.2) is 19.4 Å². The minimum absolute atomic E-state index is 0.254. The van der Waals surface area contributed by atoms with Crippen LogP contribution in [0.2, 0.25) is 0 Å². The Labute approximate surface area is 72.9 Å². The number of ether oxygens (including phenoxy) is 1. The van der Waals surface area contributed by atoms with Crippen molar-refractivity contribution in [1.82, 2.24) is 0 Å². The van der Waals surface area contributed by atoms with Gasteiger partial charge in [0.05, 0.1) is 17.6 Å². The molecule has 0 atom stereocenters. The Bertz CT molecular complexity index is 318. The summed E-state index contributed by atoms with van der Waals surface area (Å²) in [5, 5.41) is 0.309. The number of carbonyl (C=O) groups is 2. The van der Waals surface area contributed by atoms with Gasteiger partial charge in [0, 0.05) is 0 Å². The monoisotopic (exact) mass is 185 g/mol. The van der Waals surface area contributed by atoms with Gasteiger partial charge in [-0.15, -0.1) is 11.3 Å². The zero-order valence-electron chi connectivity index (χ0n) is 6.37. The molecule has 0 radical (unpaired) electrons. The average Bonchev–Trinajstić information content (AvgIpc) is 2.45. The molecule has 12 heavy (non-hydrogen) atoms. The van der Waals surface area contributed by atoms with Gasteiger partial charge in [-0.2, -0.15) is 0 Å². The van der Waals surface area contributed by atoms with Crippen LogP contribution in [0.3, 0.4) is 0 Å². The lowest BCUT2D eigenvalue weighted by Gasteiger charge is -1.94. The van der Waals surface area contributed by atoms with Crippen LogP contribution in [0.25, 0.3) is 0 Å². The van der Waals surface area contributed by atoms with E-state index in [4.69, 9.17) is 5.73 Å². The van der Waals surface area contributed by atoms with Gasteiger partial charge in [0.15, 0.2) is 6.29 Å². The first kappa shape index (κ1) is 8.73. The van der Waals surface area contributed by atoms with E-state index in [-0.39, 0.29) is 5.56 Å². The summed E-state index contributed by atoms with van der Waals surface area (Å²) in [5.41, 5.74) is 5.71. The normalized spacial score (nSPS) is 9.42. The molecule has 1 rings (SSSR count). The molecule has 1 aromatic heterocycles. The Morgan fingerprint density at radius 2 is 2.42 bits per heavy atom. The molecule has 64 valence electrons. The molecule has 0 amide bonds. The molecule has 1 heterocycles. The van der Waals surface area contributed by atoms with Crippen LogP contribution in [-0.2, 0) is 4.74 Å². The number of hydrogen-bond donors (Lipinski definition) is 1. The SMILES string of the molecule is COC(=O)c1cc(C=O)sc1N. The molecule has 0 saturated heterocycles. The third-order valence-electron chi connectivity index (χ3n) is 1.30. The molecule has 1 aromatic rings. The summed E-state index contributed by atoms with van der Waals surface area (Å²) in [7, 11) is 1.26. The number of nitrogen functional groups attached to an aromatic ring is 1. The van der Waals surface area contributed by atoms with Crippen LogP contribution < -0.4 is 5.73 Å². The second kappa shape index (κ2) is 3.36. The molecule has 0 unspecified atom stereocenters. The molecular weight excluding hydrogens is 178 g/mol. The lowest BCUT2D eigenvalue weighted by atomic mass is 10.3. The molecular formula is C7H7NO3S. The van der Waals surface area contributed by atoms with E-state index in [0.717, 1.165) is 11.3 Å². The Hall–Kier alpha value is -1.36. The fraction of sp³-hybridized carbons (Fsp3) is 0.143. The molecule has 0 aliphatic carbocycles. The van der Waals surface area contributed by atoms with Crippen molar-refractivity contribution in [3.8, 4) is 0 Å². The lowest BCUT2D eigenvalue weighted by Crippen LogP contribution is -2.01. The van der Waals surface area contributed by atoms with Gasteiger partial charge >= 0.3 is 5.97 Å². The Morgan fingerprint density at radius 1 is 1.75 bits per heavy atom. The molecule has 0 aliphatic rings. The van der Waals surface area contributed by atoms with Gasteiger partial charge < -0.3 is 10.5 Å². The molecule has 0 aliphatic heterocycles. The third kappa shape index (κ3) is 1.45. The minimum Gasteiger partial charge on any atom is -0.465 e. The number of anilines is 1. The number of nitrogens with two attached hydrogens (primary N) is 1. The molecule has 0 bridgehead atoms. The van der Waals surface area contributed by atoms with Crippen LogP contribution in [0.4, 0.5) is 5.00 Å². The van der Waals surface area contributed by atoms with E-state index in [2.05, 4.69) is 4.74 Å². The summed E-state index contributed by atoms with van der Waals surface area (Å²) in [4.78, 5) is 21.7. The fourth-order valence-electron chi connectivity index (χ4n) is 0.752. The third-order valence-corrected chi connectivity index (χ3v) is 2.19. The van der Waals surface area contributed by atoms with Gasteiger partial charge in [-0.1, -0.05) is 0 Å². The topological polar surface area (TPSA) is 69.4 Å². The zero-order chi connectivity index (χ0) is 9.14. The van der Waals surface area contributed by atoms with Crippen LogP contribution >= 0.6 is 11.3 Å². The van der Waals surface area contributed by atoms with Crippen LogP contribution in [0, 0.1) is 0 Å². The van der Waals surface area contributed by atoms with E-state index in [1.165, 1.54) is 13.2 Å². The van der Waals surface area contributed by atoms with Crippen LogP contribution in [0.5, 0.6) is 0 Å². The maximum atomic E-state index is 11.0. The molecule has 0 aromatic carbocycles. The predicted molar refractivity (Wildman–Crippen MR) is 45.5 cm³/mol. The minimum atomic E-state index is -0.517. The van der Waals surface area contributed by atoms with Crippen LogP contribution in [0.15, 0.2) is 6.07 Å². The maximum absolute atomic E-state index is 11.0. The van der Waals surface area contributed by atoms with Gasteiger partial charge in [-0.3, -0.25) is 4.79 Å². The van der Waals surface area contributed by atoms with Crippen molar-refractivity contribution < 1.29 is 14.3 Å². The fourth-order valence-corrected chi connectivity index (χ4v) is 1.48. The van der Waals surface area contributed by atoms with E-state index in [0.29, 0.717) is 16.2 Å². The van der Waals surface area contributed by atoms with Crippen molar-refractivity contribution in [2.45, 2.75) is 0 Å². The van der Waals surface area contributed by atoms with Gasteiger partial charge in [0.1, 0.15) is 5.00 Å². The summed E-state index contributed by atoms with van der Waals surface area (Å²) in [6.07, 6.45) is 0.646. The number of carbonyl (C=O) groups excluding carboxylic acids is 2. The number of methoxy groups -OCH3 is 1. The number of esters is 1. The highest BCUT2D eigenvalue weighted by Crippen LogP contribution is 2.23. The zero-order valence-corrected chi connectivity index (χ0v) is 7.18. The first-order chi connectivity index (χ1) is 5.69. The Kier molecular flexibility index (Phi) is 2.44. The molecule has 4 nitrogen and oxygen atoms in total.